The first kappa shape index (κ1) is 47.3. The van der Waals surface area contributed by atoms with Gasteiger partial charge in [0.2, 0.25) is 35.0 Å². The van der Waals surface area contributed by atoms with E-state index in [1.807, 2.05) is 0 Å². The molecule has 1 heterocycles. The number of hydrogen-bond acceptors (Lipinski definition) is 18. The van der Waals surface area contributed by atoms with E-state index in [1.165, 1.54) is 30.4 Å². The van der Waals surface area contributed by atoms with Gasteiger partial charge in [0.1, 0.15) is 54.5 Å². The van der Waals surface area contributed by atoms with Gasteiger partial charge in [0.25, 0.3) is 5.79 Å². The van der Waals surface area contributed by atoms with Crippen molar-refractivity contribution in [3.8, 4) is 63.6 Å². The number of aromatic hydroxyl groups is 7. The number of amides is 3. The second kappa shape index (κ2) is 17.2. The molecule has 5 rings (SSSR count). The molecule has 4 aromatic carbocycles. The van der Waals surface area contributed by atoms with Gasteiger partial charge < -0.3 is 81.8 Å². The third-order valence-electron chi connectivity index (χ3n) is 9.24. The van der Waals surface area contributed by atoms with Crippen molar-refractivity contribution < 1.29 is 89.3 Å². The lowest BCUT2D eigenvalue weighted by Crippen LogP contribution is -2.63. The van der Waals surface area contributed by atoms with Crippen LogP contribution in [0.1, 0.15) is 51.3 Å². The van der Waals surface area contributed by atoms with E-state index in [4.69, 9.17) is 46.6 Å². The molecule has 1 unspecified atom stereocenters. The van der Waals surface area contributed by atoms with Crippen molar-refractivity contribution in [1.82, 2.24) is 5.32 Å². The van der Waals surface area contributed by atoms with E-state index >= 15 is 0 Å². The lowest BCUT2D eigenvalue weighted by Gasteiger charge is -2.35. The zero-order valence-corrected chi connectivity index (χ0v) is 33.0. The van der Waals surface area contributed by atoms with E-state index in [9.17, 15) is 79.9 Å². The summed E-state index contributed by atoms with van der Waals surface area (Å²) in [5.74, 6) is -16.7. The minimum atomic E-state index is -4.01. The summed E-state index contributed by atoms with van der Waals surface area (Å²) < 4.78 is 24.7. The molecular weight excluding hydrogens is 850 g/mol. The molecule has 26 heteroatoms. The summed E-state index contributed by atoms with van der Waals surface area (Å²) in [5.41, 5.74) is -2.51. The lowest BCUT2D eigenvalue weighted by molar-refractivity contribution is -0.375. The molecule has 3 atom stereocenters. The van der Waals surface area contributed by atoms with Gasteiger partial charge in [0, 0.05) is 16.8 Å². The fourth-order valence-corrected chi connectivity index (χ4v) is 8.03. The van der Waals surface area contributed by atoms with E-state index in [0.717, 1.165) is 24.3 Å². The predicted octanol–water partition coefficient (Wildman–Crippen LogP) is -4.42. The highest BCUT2D eigenvalue weighted by Crippen LogP contribution is 2.50. The number of aliphatic hydroxyl groups is 5. The molecular formula is C37H31B4N3O18S. The van der Waals surface area contributed by atoms with Crippen LogP contribution in [0.2, 0.25) is 0 Å². The van der Waals surface area contributed by atoms with Gasteiger partial charge in [-0.05, 0) is 59.8 Å². The van der Waals surface area contributed by atoms with Crippen LogP contribution in [0.15, 0.2) is 42.5 Å². The van der Waals surface area contributed by atoms with Gasteiger partial charge in [-0.25, -0.2) is 0 Å². The number of benzene rings is 4. The Bertz CT molecular complexity index is 2590. The zero-order valence-electron chi connectivity index (χ0n) is 32.2. The highest BCUT2D eigenvalue weighted by Gasteiger charge is 2.53. The summed E-state index contributed by atoms with van der Waals surface area (Å²) in [6.07, 6.45) is -1.23. The van der Waals surface area contributed by atoms with Crippen molar-refractivity contribution in [2.75, 3.05) is 11.5 Å². The monoisotopic (exact) mass is 881 g/mol. The predicted molar refractivity (Wildman–Crippen MR) is 219 cm³/mol. The molecule has 4 aromatic rings. The largest absolute Gasteiger partial charge is 0.507 e. The smallest absolute Gasteiger partial charge is 0.308 e. The fraction of sp³-hybridized carbons (Fsp3) is 0.216. The number of phenolic OH excluding ortho intramolecular Hbond substituents is 7. The number of carbonyl (C=O) groups excluding carboxylic acids is 3. The van der Waals surface area contributed by atoms with Crippen molar-refractivity contribution in [3.05, 3.63) is 70.3 Å². The number of primary amides is 1. The molecule has 1 aliphatic heterocycles. The molecule has 63 heavy (non-hydrogen) atoms. The highest BCUT2D eigenvalue weighted by molar-refractivity contribution is 7.87. The molecule has 1 saturated heterocycles. The molecule has 1 fully saturated rings. The fourth-order valence-electron chi connectivity index (χ4n) is 6.17. The molecule has 21 nitrogen and oxygen atoms in total. The van der Waals surface area contributed by atoms with Gasteiger partial charge in [-0.15, -0.1) is 0 Å². The number of anilines is 1. The molecule has 1 aliphatic rings. The van der Waals surface area contributed by atoms with Crippen LogP contribution in [-0.4, -0.2) is 138 Å². The SMILES string of the molecule is [B]c1c(O)c(C#Cc2c(O)c(O)c(O)c(O)c2O)c(O)c([B])c1[C@H]1N(c2cccc(C(N)=O)c2)C(=O)[C@@H](CC(=O)NC(O)(O)C(O)(O)c2ccc(OC([B])([B])O)c(OCC)c2)S1=O. The Morgan fingerprint density at radius 3 is 1.89 bits per heavy atom. The van der Waals surface area contributed by atoms with Crippen LogP contribution in [0, 0.1) is 11.8 Å². The van der Waals surface area contributed by atoms with Crippen LogP contribution in [0.25, 0.3) is 0 Å². The average Bonchev–Trinajstić information content (AvgIpc) is 3.44. The van der Waals surface area contributed by atoms with Crippen molar-refractivity contribution in [2.24, 2.45) is 5.73 Å². The Morgan fingerprint density at radius 2 is 1.37 bits per heavy atom. The molecule has 0 saturated carbocycles. The summed E-state index contributed by atoms with van der Waals surface area (Å²) >= 11 is 0. The Labute approximate surface area is 362 Å². The number of rotatable bonds is 12. The Morgan fingerprint density at radius 1 is 0.825 bits per heavy atom. The molecule has 15 N–H and O–H groups in total. The first-order valence-corrected chi connectivity index (χ1v) is 18.9. The van der Waals surface area contributed by atoms with Crippen LogP contribution in [-0.2, 0) is 26.2 Å². The maximum absolute atomic E-state index is 14.4. The number of phenols is 7. The van der Waals surface area contributed by atoms with Crippen LogP contribution in [0.5, 0.6) is 51.7 Å². The summed E-state index contributed by atoms with van der Waals surface area (Å²) in [6.45, 7) is 1.41. The Hall–Kier alpha value is -6.74. The third kappa shape index (κ3) is 8.83. The van der Waals surface area contributed by atoms with E-state index < -0.39 is 136 Å². The average molecular weight is 881 g/mol. The molecule has 0 bridgehead atoms. The zero-order chi connectivity index (χ0) is 47.3. The van der Waals surface area contributed by atoms with Gasteiger partial charge in [-0.1, -0.05) is 17.9 Å². The first-order valence-electron chi connectivity index (χ1n) is 17.6. The number of hydrogen-bond donors (Lipinski definition) is 14. The van der Waals surface area contributed by atoms with E-state index in [1.54, 1.807) is 0 Å². The van der Waals surface area contributed by atoms with Gasteiger partial charge in [-0.2, -0.15) is 0 Å². The highest BCUT2D eigenvalue weighted by atomic mass is 32.2. The summed E-state index contributed by atoms with van der Waals surface area (Å²) in [7, 11) is 20.2. The van der Waals surface area contributed by atoms with Crippen molar-refractivity contribution in [3.63, 3.8) is 0 Å². The van der Waals surface area contributed by atoms with Gasteiger partial charge in [-0.3, -0.25) is 23.5 Å². The second-order valence-corrected chi connectivity index (χ2v) is 15.2. The van der Waals surface area contributed by atoms with Crippen LogP contribution >= 0.6 is 0 Å². The maximum Gasteiger partial charge on any atom is 0.308 e. The van der Waals surface area contributed by atoms with Crippen LogP contribution in [0.4, 0.5) is 5.69 Å². The summed E-state index contributed by atoms with van der Waals surface area (Å²) in [5, 5.41) is 123. The Balaban J connectivity index is 1.55. The molecule has 8 radical (unpaired) electrons. The van der Waals surface area contributed by atoms with Crippen molar-refractivity contribution >= 4 is 76.5 Å². The molecule has 0 aliphatic carbocycles. The van der Waals surface area contributed by atoms with Crippen LogP contribution in [0.3, 0.4) is 0 Å². The third-order valence-corrected chi connectivity index (χ3v) is 11.1. The number of nitrogens with zero attached hydrogens (tertiary/aromatic N) is 1. The summed E-state index contributed by atoms with van der Waals surface area (Å²) in [6, 6.07) is 7.33. The van der Waals surface area contributed by atoms with Gasteiger partial charge in [0.15, 0.2) is 38.7 Å². The lowest BCUT2D eigenvalue weighted by atomic mass is 9.76. The topological polar surface area (TPSA) is 371 Å². The minimum absolute atomic E-state index is 0.0838. The number of ether oxygens (including phenoxy) is 2. The van der Waals surface area contributed by atoms with E-state index in [0.29, 0.717) is 4.90 Å². The maximum atomic E-state index is 14.4. The van der Waals surface area contributed by atoms with E-state index in [-0.39, 0.29) is 29.4 Å². The number of nitrogens with two attached hydrogens (primary N) is 1. The molecule has 0 aromatic heterocycles. The minimum Gasteiger partial charge on any atom is -0.507 e. The second-order valence-electron chi connectivity index (χ2n) is 13.5. The number of carbonyl (C=O) groups is 3. The quantitative estimate of drug-likeness (QED) is 0.0210. The van der Waals surface area contributed by atoms with Gasteiger partial charge >= 0.3 is 5.91 Å². The summed E-state index contributed by atoms with van der Waals surface area (Å²) in [4.78, 5) is 40.5. The van der Waals surface area contributed by atoms with Crippen molar-refractivity contribution in [1.29, 1.82) is 0 Å². The van der Waals surface area contributed by atoms with Crippen LogP contribution < -0.4 is 36.3 Å². The molecule has 320 valence electrons. The van der Waals surface area contributed by atoms with Gasteiger partial charge in [0.05, 0.1) is 23.8 Å². The standard InChI is InChI=1S/C37H31B4N3O18S/c1-2-61-19-11-14(6-9-18(19)62-37(40,41)59)35(55,56)36(57,58)43-21(45)12-20-33(54)44(15-5-3-4-13(10-15)32(42)53)34(63(20)60)22-23(38)25(46)16(26(47)24(22)39)7-8-17-27(48)29(50)31(52)30(51)28(17)49/h3-6,9-11,20,34,46-52,55-59H,2,12H2,1H3,(H2,42,53)(H,43,45)/t20-,34+,63?/m1/s1. The van der Waals surface area contributed by atoms with E-state index in [2.05, 4.69) is 11.8 Å². The molecule has 3 amide bonds. The van der Waals surface area contributed by atoms with Crippen molar-refractivity contribution in [2.45, 2.75) is 41.3 Å². The molecule has 0 spiro atoms. The Kier molecular flexibility index (Phi) is 12.9. The number of nitrogens with one attached hydrogen (secondary N) is 1. The first-order chi connectivity index (χ1) is 29.2. The normalized spacial score (nSPS) is 16.6.